The van der Waals surface area contributed by atoms with Crippen molar-refractivity contribution in [2.75, 3.05) is 0 Å². The highest BCUT2D eigenvalue weighted by Gasteiger charge is 2.10. The monoisotopic (exact) mass is 233 g/mol. The number of aromatic nitrogens is 2. The van der Waals surface area contributed by atoms with Crippen LogP contribution in [0.15, 0.2) is 28.7 Å². The van der Waals surface area contributed by atoms with Crippen LogP contribution in [0.3, 0.4) is 0 Å². The Morgan fingerprint density at radius 2 is 2.12 bits per heavy atom. The Morgan fingerprint density at radius 3 is 2.76 bits per heavy atom. The summed E-state index contributed by atoms with van der Waals surface area (Å²) in [6.45, 7) is 4.03. The molecule has 1 heterocycles. The third-order valence-corrected chi connectivity index (χ3v) is 2.32. The lowest BCUT2D eigenvalue weighted by atomic mass is 10.2. The summed E-state index contributed by atoms with van der Waals surface area (Å²) in [5.74, 6) is 1.67. The predicted molar refractivity (Wildman–Crippen MR) is 62.4 cm³/mol. The van der Waals surface area contributed by atoms with Gasteiger partial charge in [-0.1, -0.05) is 18.2 Å². The second kappa shape index (κ2) is 4.97. The summed E-state index contributed by atoms with van der Waals surface area (Å²) < 4.78 is 10.9. The van der Waals surface area contributed by atoms with Gasteiger partial charge in [-0.25, -0.2) is 0 Å². The molecule has 17 heavy (non-hydrogen) atoms. The fourth-order valence-corrected chi connectivity index (χ4v) is 1.37. The summed E-state index contributed by atoms with van der Waals surface area (Å²) in [6.07, 6.45) is 0. The van der Waals surface area contributed by atoms with Crippen LogP contribution in [0.2, 0.25) is 0 Å². The van der Waals surface area contributed by atoms with E-state index in [1.54, 1.807) is 6.92 Å². The molecule has 0 aliphatic rings. The van der Waals surface area contributed by atoms with E-state index in [4.69, 9.17) is 14.9 Å². The second-order valence-electron chi connectivity index (χ2n) is 3.88. The number of aryl methyl sites for hydroxylation is 1. The third-order valence-electron chi connectivity index (χ3n) is 2.32. The van der Waals surface area contributed by atoms with Gasteiger partial charge in [0.05, 0.1) is 6.04 Å². The molecule has 5 nitrogen and oxygen atoms in total. The third kappa shape index (κ3) is 2.82. The second-order valence-corrected chi connectivity index (χ2v) is 3.88. The lowest BCUT2D eigenvalue weighted by Crippen LogP contribution is -2.04. The molecule has 90 valence electrons. The maximum absolute atomic E-state index is 5.62. The first kappa shape index (κ1) is 11.6. The minimum atomic E-state index is -0.255. The Labute approximate surface area is 99.6 Å². The molecule has 0 saturated carbocycles. The fraction of sp³-hybridized carbons (Fsp3) is 0.333. The molecule has 0 spiro atoms. The number of para-hydroxylation sites is 1. The molecule has 1 unspecified atom stereocenters. The average Bonchev–Trinajstić information content (AvgIpc) is 2.77. The molecule has 1 aromatic carbocycles. The summed E-state index contributed by atoms with van der Waals surface area (Å²) >= 11 is 0. The Hall–Kier alpha value is -1.88. The lowest BCUT2D eigenvalue weighted by molar-refractivity contribution is 0.255. The van der Waals surface area contributed by atoms with Gasteiger partial charge < -0.3 is 14.9 Å². The van der Waals surface area contributed by atoms with Gasteiger partial charge >= 0.3 is 0 Å². The first-order valence-electron chi connectivity index (χ1n) is 5.43. The minimum absolute atomic E-state index is 0.255. The number of hydrogen-bond donors (Lipinski definition) is 1. The number of rotatable bonds is 4. The van der Waals surface area contributed by atoms with E-state index in [0.717, 1.165) is 11.3 Å². The van der Waals surface area contributed by atoms with Crippen LogP contribution in [0.25, 0.3) is 0 Å². The number of benzene rings is 1. The van der Waals surface area contributed by atoms with E-state index in [-0.39, 0.29) is 12.6 Å². The van der Waals surface area contributed by atoms with Crippen molar-refractivity contribution < 1.29 is 9.15 Å². The molecule has 0 bridgehead atoms. The van der Waals surface area contributed by atoms with Crippen molar-refractivity contribution in [3.63, 3.8) is 0 Å². The van der Waals surface area contributed by atoms with Gasteiger partial charge in [0.1, 0.15) is 5.75 Å². The highest BCUT2D eigenvalue weighted by Crippen LogP contribution is 2.18. The molecular weight excluding hydrogens is 218 g/mol. The van der Waals surface area contributed by atoms with E-state index in [1.807, 2.05) is 31.2 Å². The largest absolute Gasteiger partial charge is 0.484 e. The summed E-state index contributed by atoms with van der Waals surface area (Å²) in [5.41, 5.74) is 6.69. The van der Waals surface area contributed by atoms with E-state index >= 15 is 0 Å². The zero-order valence-corrected chi connectivity index (χ0v) is 9.88. The standard InChI is InChI=1S/C12H15N3O2/c1-8-5-3-4-6-10(8)16-7-11-14-15-12(17-11)9(2)13/h3-6,9H,7,13H2,1-2H3. The van der Waals surface area contributed by atoms with Crippen molar-refractivity contribution in [2.24, 2.45) is 5.73 Å². The molecule has 0 amide bonds. The fourth-order valence-electron chi connectivity index (χ4n) is 1.37. The molecule has 0 fully saturated rings. The van der Waals surface area contributed by atoms with E-state index in [9.17, 15) is 0 Å². The molecule has 2 N–H and O–H groups in total. The highest BCUT2D eigenvalue weighted by atomic mass is 16.5. The Balaban J connectivity index is 2.00. The molecule has 1 atom stereocenters. The zero-order chi connectivity index (χ0) is 12.3. The molecule has 0 saturated heterocycles. The quantitative estimate of drug-likeness (QED) is 0.873. The molecule has 0 aliphatic heterocycles. The summed E-state index contributed by atoms with van der Waals surface area (Å²) in [5, 5.41) is 7.69. The first-order valence-corrected chi connectivity index (χ1v) is 5.43. The van der Waals surface area contributed by atoms with Gasteiger partial charge in [-0.15, -0.1) is 10.2 Å². The zero-order valence-electron chi connectivity index (χ0n) is 9.88. The van der Waals surface area contributed by atoms with Crippen LogP contribution in [0, 0.1) is 6.92 Å². The minimum Gasteiger partial charge on any atom is -0.484 e. The average molecular weight is 233 g/mol. The summed E-state index contributed by atoms with van der Waals surface area (Å²) in [7, 11) is 0. The van der Waals surface area contributed by atoms with Gasteiger partial charge in [0.15, 0.2) is 6.61 Å². The van der Waals surface area contributed by atoms with E-state index in [1.165, 1.54) is 0 Å². The number of nitrogens with zero attached hydrogens (tertiary/aromatic N) is 2. The molecule has 5 heteroatoms. The number of ether oxygens (including phenoxy) is 1. The maximum atomic E-state index is 5.62. The van der Waals surface area contributed by atoms with Crippen LogP contribution in [-0.2, 0) is 6.61 Å². The molecular formula is C12H15N3O2. The van der Waals surface area contributed by atoms with Gasteiger partial charge in [0.2, 0.25) is 5.89 Å². The van der Waals surface area contributed by atoms with Crippen molar-refractivity contribution in [3.8, 4) is 5.75 Å². The normalized spacial score (nSPS) is 12.4. The van der Waals surface area contributed by atoms with Gasteiger partial charge in [-0.2, -0.15) is 0 Å². The van der Waals surface area contributed by atoms with Crippen LogP contribution in [0.5, 0.6) is 5.75 Å². The van der Waals surface area contributed by atoms with Crippen LogP contribution >= 0.6 is 0 Å². The van der Waals surface area contributed by atoms with E-state index in [2.05, 4.69) is 10.2 Å². The van der Waals surface area contributed by atoms with E-state index < -0.39 is 0 Å². The molecule has 1 aromatic heterocycles. The highest BCUT2D eigenvalue weighted by molar-refractivity contribution is 5.31. The topological polar surface area (TPSA) is 74.2 Å². The van der Waals surface area contributed by atoms with Crippen LogP contribution in [0.4, 0.5) is 0 Å². The predicted octanol–water partition coefficient (Wildman–Crippen LogP) is 1.98. The van der Waals surface area contributed by atoms with Gasteiger partial charge in [0, 0.05) is 0 Å². The van der Waals surface area contributed by atoms with E-state index in [0.29, 0.717) is 11.8 Å². The molecule has 2 rings (SSSR count). The number of nitrogens with two attached hydrogens (primary N) is 1. The van der Waals surface area contributed by atoms with Gasteiger partial charge in [0.25, 0.3) is 5.89 Å². The van der Waals surface area contributed by atoms with Gasteiger partial charge in [-0.3, -0.25) is 0 Å². The Kier molecular flexibility index (Phi) is 3.39. The summed E-state index contributed by atoms with van der Waals surface area (Å²) in [6, 6.07) is 7.51. The van der Waals surface area contributed by atoms with Crippen LogP contribution in [-0.4, -0.2) is 10.2 Å². The molecule has 0 radical (unpaired) electrons. The Morgan fingerprint density at radius 1 is 1.35 bits per heavy atom. The van der Waals surface area contributed by atoms with Crippen LogP contribution in [0.1, 0.15) is 30.3 Å². The molecule has 2 aromatic rings. The lowest BCUT2D eigenvalue weighted by Gasteiger charge is -2.05. The Bertz CT molecular complexity index is 494. The van der Waals surface area contributed by atoms with Crippen molar-refractivity contribution in [1.29, 1.82) is 0 Å². The van der Waals surface area contributed by atoms with Crippen molar-refractivity contribution >= 4 is 0 Å². The maximum Gasteiger partial charge on any atom is 0.253 e. The SMILES string of the molecule is Cc1ccccc1OCc1nnc(C(C)N)o1. The van der Waals surface area contributed by atoms with Crippen molar-refractivity contribution in [3.05, 3.63) is 41.6 Å². The van der Waals surface area contributed by atoms with Crippen molar-refractivity contribution in [1.82, 2.24) is 10.2 Å². The van der Waals surface area contributed by atoms with Crippen molar-refractivity contribution in [2.45, 2.75) is 26.5 Å². The number of hydrogen-bond acceptors (Lipinski definition) is 5. The molecule has 0 aliphatic carbocycles. The summed E-state index contributed by atoms with van der Waals surface area (Å²) in [4.78, 5) is 0. The van der Waals surface area contributed by atoms with Gasteiger partial charge in [-0.05, 0) is 25.5 Å². The first-order chi connectivity index (χ1) is 8.16. The smallest absolute Gasteiger partial charge is 0.253 e. The van der Waals surface area contributed by atoms with Crippen LogP contribution < -0.4 is 10.5 Å².